The summed E-state index contributed by atoms with van der Waals surface area (Å²) in [6, 6.07) is 14.4. The van der Waals surface area contributed by atoms with Crippen molar-refractivity contribution in [2.24, 2.45) is 0 Å². The number of fused-ring (bicyclic) bond motifs is 3. The lowest BCUT2D eigenvalue weighted by Gasteiger charge is -2.48. The van der Waals surface area contributed by atoms with Crippen molar-refractivity contribution in [3.05, 3.63) is 54.1 Å². The first kappa shape index (κ1) is 21.7. The number of nitrogens with one attached hydrogen (secondary N) is 1. The molecule has 0 aliphatic carbocycles. The van der Waals surface area contributed by atoms with Gasteiger partial charge in [0.25, 0.3) is 5.91 Å². The Kier molecular flexibility index (Phi) is 6.03. The fourth-order valence-electron chi connectivity index (χ4n) is 4.37. The van der Waals surface area contributed by atoms with E-state index in [9.17, 15) is 14.4 Å². The first-order valence-electron chi connectivity index (χ1n) is 10.7. The molecule has 4 rings (SSSR count). The van der Waals surface area contributed by atoms with Crippen molar-refractivity contribution in [2.75, 3.05) is 31.7 Å². The van der Waals surface area contributed by atoms with Crippen LogP contribution in [0, 0.1) is 0 Å². The minimum absolute atomic E-state index is 0.00224. The van der Waals surface area contributed by atoms with Crippen LogP contribution in [0.2, 0.25) is 0 Å². The van der Waals surface area contributed by atoms with Crippen LogP contribution in [0.3, 0.4) is 0 Å². The number of benzene rings is 2. The van der Waals surface area contributed by atoms with Gasteiger partial charge in [0.1, 0.15) is 23.8 Å². The van der Waals surface area contributed by atoms with Crippen LogP contribution >= 0.6 is 0 Å². The summed E-state index contributed by atoms with van der Waals surface area (Å²) in [6.07, 6.45) is 1.07. The standard InChI is InChI=1S/C24H27N3O5/c1-24-13-11-22(29)27(24)20-6-4-3-5-19(20)23(30)26(24)15-12-21(28)25-14-16-32-18-9-7-17(31-2)8-10-18/h3-10H,11-16H2,1-2H3,(H,25,28). The van der Waals surface area contributed by atoms with Gasteiger partial charge in [0, 0.05) is 19.4 Å². The Balaban J connectivity index is 1.32. The molecule has 0 aromatic heterocycles. The first-order valence-corrected chi connectivity index (χ1v) is 10.7. The van der Waals surface area contributed by atoms with Crippen molar-refractivity contribution < 1.29 is 23.9 Å². The van der Waals surface area contributed by atoms with Gasteiger partial charge in [0.2, 0.25) is 11.8 Å². The summed E-state index contributed by atoms with van der Waals surface area (Å²) in [5, 5.41) is 2.82. The van der Waals surface area contributed by atoms with Crippen molar-refractivity contribution in [1.29, 1.82) is 0 Å². The molecule has 0 saturated carbocycles. The molecule has 8 heteroatoms. The minimum atomic E-state index is -0.750. The van der Waals surface area contributed by atoms with Crippen LogP contribution in [0.5, 0.6) is 11.5 Å². The number of amides is 3. The van der Waals surface area contributed by atoms with Gasteiger partial charge in [-0.2, -0.15) is 0 Å². The van der Waals surface area contributed by atoms with Gasteiger partial charge in [-0.05, 0) is 49.7 Å². The zero-order valence-electron chi connectivity index (χ0n) is 18.3. The predicted octanol–water partition coefficient (Wildman–Crippen LogP) is 2.58. The molecular weight excluding hydrogens is 410 g/mol. The average Bonchev–Trinajstić information content (AvgIpc) is 3.12. The zero-order valence-corrected chi connectivity index (χ0v) is 18.3. The molecule has 1 saturated heterocycles. The molecule has 0 bridgehead atoms. The van der Waals surface area contributed by atoms with Crippen LogP contribution in [0.4, 0.5) is 5.69 Å². The van der Waals surface area contributed by atoms with Gasteiger partial charge in [-0.25, -0.2) is 0 Å². The van der Waals surface area contributed by atoms with E-state index in [0.717, 1.165) is 5.75 Å². The fraction of sp³-hybridized carbons (Fsp3) is 0.375. The van der Waals surface area contributed by atoms with Gasteiger partial charge in [-0.1, -0.05) is 12.1 Å². The maximum Gasteiger partial charge on any atom is 0.257 e. The number of rotatable bonds is 8. The molecule has 1 atom stereocenters. The molecule has 1 N–H and O–H groups in total. The molecule has 8 nitrogen and oxygen atoms in total. The maximum atomic E-state index is 13.2. The van der Waals surface area contributed by atoms with Crippen LogP contribution in [0.1, 0.15) is 36.5 Å². The second-order valence-corrected chi connectivity index (χ2v) is 8.04. The van der Waals surface area contributed by atoms with E-state index in [-0.39, 0.29) is 30.7 Å². The molecule has 2 heterocycles. The number of carbonyl (C=O) groups excluding carboxylic acids is 3. The molecule has 2 aliphatic heterocycles. The Morgan fingerprint density at radius 3 is 2.56 bits per heavy atom. The van der Waals surface area contributed by atoms with E-state index in [1.165, 1.54) is 0 Å². The lowest BCUT2D eigenvalue weighted by molar-refractivity contribution is -0.121. The van der Waals surface area contributed by atoms with Crippen LogP contribution in [-0.2, 0) is 9.59 Å². The molecule has 2 aromatic carbocycles. The Morgan fingerprint density at radius 2 is 1.81 bits per heavy atom. The number of ether oxygens (including phenoxy) is 2. The first-order chi connectivity index (χ1) is 15.4. The van der Waals surface area contributed by atoms with Crippen molar-refractivity contribution in [1.82, 2.24) is 10.2 Å². The highest BCUT2D eigenvalue weighted by molar-refractivity contribution is 6.10. The van der Waals surface area contributed by atoms with Gasteiger partial charge in [0.15, 0.2) is 0 Å². The number of methoxy groups -OCH3 is 1. The molecule has 2 aliphatic rings. The Morgan fingerprint density at radius 1 is 1.09 bits per heavy atom. The van der Waals surface area contributed by atoms with Crippen molar-refractivity contribution in [3.8, 4) is 11.5 Å². The van der Waals surface area contributed by atoms with Crippen LogP contribution in [0.25, 0.3) is 0 Å². The maximum absolute atomic E-state index is 13.2. The number of carbonyl (C=O) groups is 3. The monoisotopic (exact) mass is 437 g/mol. The van der Waals surface area contributed by atoms with E-state index in [1.807, 2.05) is 19.1 Å². The number of nitrogens with zero attached hydrogens (tertiary/aromatic N) is 2. The molecular formula is C24H27N3O5. The van der Waals surface area contributed by atoms with E-state index in [0.29, 0.717) is 43.0 Å². The molecule has 3 amide bonds. The molecule has 32 heavy (non-hydrogen) atoms. The van der Waals surface area contributed by atoms with E-state index >= 15 is 0 Å². The van der Waals surface area contributed by atoms with Crippen LogP contribution in [-0.4, -0.2) is 55.1 Å². The van der Waals surface area contributed by atoms with Crippen LogP contribution < -0.4 is 19.7 Å². The highest BCUT2D eigenvalue weighted by Crippen LogP contribution is 2.43. The molecule has 168 valence electrons. The summed E-state index contributed by atoms with van der Waals surface area (Å²) in [7, 11) is 1.60. The number of hydrogen-bond donors (Lipinski definition) is 1. The normalized spacial score (nSPS) is 19.4. The number of anilines is 1. The highest BCUT2D eigenvalue weighted by Gasteiger charge is 2.52. The Labute approximate surface area is 187 Å². The van der Waals surface area contributed by atoms with Crippen molar-refractivity contribution in [3.63, 3.8) is 0 Å². The van der Waals surface area contributed by atoms with Gasteiger partial charge >= 0.3 is 0 Å². The Bertz CT molecular complexity index is 1020. The summed E-state index contributed by atoms with van der Waals surface area (Å²) in [5.41, 5.74) is 0.396. The molecule has 2 aromatic rings. The third-order valence-electron chi connectivity index (χ3n) is 6.06. The molecule has 0 spiro atoms. The minimum Gasteiger partial charge on any atom is -0.497 e. The number of hydrogen-bond acceptors (Lipinski definition) is 5. The topological polar surface area (TPSA) is 88.2 Å². The Hall–Kier alpha value is -3.55. The van der Waals surface area contributed by atoms with Gasteiger partial charge in [0.05, 0.1) is 24.9 Å². The lowest BCUT2D eigenvalue weighted by atomic mass is 9.98. The third kappa shape index (κ3) is 4.00. The highest BCUT2D eigenvalue weighted by atomic mass is 16.5. The number of para-hydroxylation sites is 1. The summed E-state index contributed by atoms with van der Waals surface area (Å²) < 4.78 is 10.7. The SMILES string of the molecule is COc1ccc(OCCNC(=O)CCN2C(=O)c3ccccc3N3C(=O)CCC23C)cc1. The average molecular weight is 437 g/mol. The van der Waals surface area contributed by atoms with Crippen molar-refractivity contribution in [2.45, 2.75) is 31.8 Å². The van der Waals surface area contributed by atoms with Crippen molar-refractivity contribution >= 4 is 23.4 Å². The summed E-state index contributed by atoms with van der Waals surface area (Å²) >= 11 is 0. The van der Waals surface area contributed by atoms with Crippen LogP contribution in [0.15, 0.2) is 48.5 Å². The smallest absolute Gasteiger partial charge is 0.257 e. The van der Waals surface area contributed by atoms with E-state index in [4.69, 9.17) is 9.47 Å². The van der Waals surface area contributed by atoms with E-state index < -0.39 is 5.66 Å². The third-order valence-corrected chi connectivity index (χ3v) is 6.06. The lowest BCUT2D eigenvalue weighted by Crippen LogP contribution is -2.62. The summed E-state index contributed by atoms with van der Waals surface area (Å²) in [5.74, 6) is 1.12. The summed E-state index contributed by atoms with van der Waals surface area (Å²) in [4.78, 5) is 41.5. The quantitative estimate of drug-likeness (QED) is 0.642. The fourth-order valence-corrected chi connectivity index (χ4v) is 4.37. The molecule has 1 unspecified atom stereocenters. The molecule has 0 radical (unpaired) electrons. The zero-order chi connectivity index (χ0) is 22.7. The van der Waals surface area contributed by atoms with Gasteiger partial charge in [-0.3, -0.25) is 19.3 Å². The largest absolute Gasteiger partial charge is 0.497 e. The predicted molar refractivity (Wildman–Crippen MR) is 119 cm³/mol. The van der Waals surface area contributed by atoms with E-state index in [2.05, 4.69) is 5.32 Å². The summed E-state index contributed by atoms with van der Waals surface area (Å²) in [6.45, 7) is 2.81. The van der Waals surface area contributed by atoms with Gasteiger partial charge < -0.3 is 19.7 Å². The van der Waals surface area contributed by atoms with E-state index in [1.54, 1.807) is 53.3 Å². The van der Waals surface area contributed by atoms with Gasteiger partial charge in [-0.15, -0.1) is 0 Å². The molecule has 1 fully saturated rings. The second-order valence-electron chi connectivity index (χ2n) is 8.04. The second kappa shape index (κ2) is 8.90.